The van der Waals surface area contributed by atoms with Crippen LogP contribution in [0.5, 0.6) is 11.5 Å². The van der Waals surface area contributed by atoms with Gasteiger partial charge >= 0.3 is 0 Å². The van der Waals surface area contributed by atoms with Gasteiger partial charge in [0.2, 0.25) is 12.6 Å². The van der Waals surface area contributed by atoms with Crippen molar-refractivity contribution in [1.29, 1.82) is 0 Å². The third-order valence-corrected chi connectivity index (χ3v) is 3.72. The summed E-state index contributed by atoms with van der Waals surface area (Å²) >= 11 is 0. The Labute approximate surface area is 153 Å². The standard InChI is InChI=1S/C17H14N6O4/c24-15(9-23-21-16(19-22-23)11-4-2-1-3-5-11)18-20-17(25)12-6-7-13-14(8-12)27-10-26-13/h1-8H,9-10H2,(H,18,24)(H,20,25). The molecule has 0 bridgehead atoms. The minimum Gasteiger partial charge on any atom is -0.454 e. The predicted octanol–water partition coefficient (Wildman–Crippen LogP) is 0.530. The van der Waals surface area contributed by atoms with Crippen molar-refractivity contribution in [3.63, 3.8) is 0 Å². The maximum absolute atomic E-state index is 12.1. The van der Waals surface area contributed by atoms with Crippen LogP contribution in [0.4, 0.5) is 0 Å². The molecule has 2 amide bonds. The van der Waals surface area contributed by atoms with E-state index in [0.717, 1.165) is 10.4 Å². The predicted molar refractivity (Wildman–Crippen MR) is 91.4 cm³/mol. The second-order valence-corrected chi connectivity index (χ2v) is 5.58. The molecule has 0 unspecified atom stereocenters. The van der Waals surface area contributed by atoms with Gasteiger partial charge in [-0.1, -0.05) is 30.3 Å². The van der Waals surface area contributed by atoms with Crippen LogP contribution >= 0.6 is 0 Å². The molecule has 0 atom stereocenters. The topological polar surface area (TPSA) is 120 Å². The van der Waals surface area contributed by atoms with E-state index in [1.807, 2.05) is 30.3 Å². The van der Waals surface area contributed by atoms with Crippen LogP contribution in [0.1, 0.15) is 10.4 Å². The molecule has 2 N–H and O–H groups in total. The number of benzene rings is 2. The van der Waals surface area contributed by atoms with E-state index in [1.165, 1.54) is 6.07 Å². The Balaban J connectivity index is 1.32. The number of aromatic nitrogens is 4. The number of hydrazine groups is 1. The first-order chi connectivity index (χ1) is 13.2. The average molecular weight is 366 g/mol. The number of carbonyl (C=O) groups is 2. The van der Waals surface area contributed by atoms with E-state index in [-0.39, 0.29) is 13.3 Å². The van der Waals surface area contributed by atoms with Gasteiger partial charge in [-0.05, 0) is 23.4 Å². The fraction of sp³-hybridized carbons (Fsp3) is 0.118. The van der Waals surface area contributed by atoms with Gasteiger partial charge in [0.1, 0.15) is 6.54 Å². The Hall–Kier alpha value is -3.95. The van der Waals surface area contributed by atoms with Crippen molar-refractivity contribution >= 4 is 11.8 Å². The highest BCUT2D eigenvalue weighted by atomic mass is 16.7. The number of fused-ring (bicyclic) bond motifs is 1. The summed E-state index contributed by atoms with van der Waals surface area (Å²) in [6.07, 6.45) is 0. The summed E-state index contributed by atoms with van der Waals surface area (Å²) in [6, 6.07) is 14.0. The lowest BCUT2D eigenvalue weighted by molar-refractivity contribution is -0.122. The molecule has 2 heterocycles. The second-order valence-electron chi connectivity index (χ2n) is 5.58. The molecule has 27 heavy (non-hydrogen) atoms. The molecule has 0 fully saturated rings. The van der Waals surface area contributed by atoms with Gasteiger partial charge in [0.05, 0.1) is 0 Å². The molecule has 0 saturated heterocycles. The summed E-state index contributed by atoms with van der Waals surface area (Å²) in [5, 5.41) is 11.9. The van der Waals surface area contributed by atoms with Crippen LogP contribution < -0.4 is 20.3 Å². The average Bonchev–Trinajstić information content (AvgIpc) is 3.35. The monoisotopic (exact) mass is 366 g/mol. The molecule has 2 aromatic carbocycles. The normalized spacial score (nSPS) is 11.9. The van der Waals surface area contributed by atoms with E-state index in [2.05, 4.69) is 26.3 Å². The van der Waals surface area contributed by atoms with Crippen molar-refractivity contribution in [2.45, 2.75) is 6.54 Å². The fourth-order valence-corrected chi connectivity index (χ4v) is 2.42. The number of ether oxygens (including phenoxy) is 2. The molecular weight excluding hydrogens is 352 g/mol. The lowest BCUT2D eigenvalue weighted by atomic mass is 10.2. The van der Waals surface area contributed by atoms with Gasteiger partial charge in [-0.15, -0.1) is 10.2 Å². The van der Waals surface area contributed by atoms with Crippen LogP contribution in [0, 0.1) is 0 Å². The molecule has 0 radical (unpaired) electrons. The third-order valence-electron chi connectivity index (χ3n) is 3.72. The number of amides is 2. The van der Waals surface area contributed by atoms with E-state index in [0.29, 0.717) is 22.9 Å². The minimum atomic E-state index is -0.499. The summed E-state index contributed by atoms with van der Waals surface area (Å²) in [5.74, 6) is 0.475. The summed E-state index contributed by atoms with van der Waals surface area (Å²) in [7, 11) is 0. The zero-order valence-corrected chi connectivity index (χ0v) is 14.0. The summed E-state index contributed by atoms with van der Waals surface area (Å²) in [6.45, 7) is -0.0751. The van der Waals surface area contributed by atoms with E-state index >= 15 is 0 Å². The van der Waals surface area contributed by atoms with E-state index in [4.69, 9.17) is 9.47 Å². The van der Waals surface area contributed by atoms with Crippen molar-refractivity contribution < 1.29 is 19.1 Å². The quantitative estimate of drug-likeness (QED) is 0.646. The maximum atomic E-state index is 12.1. The van der Waals surface area contributed by atoms with Crippen LogP contribution in [-0.2, 0) is 11.3 Å². The Morgan fingerprint density at radius 2 is 1.85 bits per heavy atom. The molecule has 136 valence electrons. The molecule has 0 spiro atoms. The zero-order valence-electron chi connectivity index (χ0n) is 14.0. The molecule has 4 rings (SSSR count). The number of nitrogens with zero attached hydrogens (tertiary/aromatic N) is 4. The molecular formula is C17H14N6O4. The van der Waals surface area contributed by atoms with Crippen LogP contribution in [0.15, 0.2) is 48.5 Å². The van der Waals surface area contributed by atoms with Crippen LogP contribution in [0.3, 0.4) is 0 Å². The number of hydrogen-bond acceptors (Lipinski definition) is 7. The molecule has 1 aliphatic heterocycles. The van der Waals surface area contributed by atoms with E-state index in [9.17, 15) is 9.59 Å². The first-order valence-electron chi connectivity index (χ1n) is 8.01. The van der Waals surface area contributed by atoms with Crippen molar-refractivity contribution in [3.8, 4) is 22.9 Å². The summed E-state index contributed by atoms with van der Waals surface area (Å²) < 4.78 is 10.4. The lowest BCUT2D eigenvalue weighted by Crippen LogP contribution is -2.43. The smallest absolute Gasteiger partial charge is 0.269 e. The highest BCUT2D eigenvalue weighted by Gasteiger charge is 2.17. The summed E-state index contributed by atoms with van der Waals surface area (Å²) in [5.41, 5.74) is 5.75. The first kappa shape index (κ1) is 16.5. The van der Waals surface area contributed by atoms with Gasteiger partial charge in [-0.25, -0.2) is 0 Å². The molecule has 1 aliphatic rings. The zero-order chi connectivity index (χ0) is 18.6. The largest absolute Gasteiger partial charge is 0.454 e. The number of rotatable bonds is 4. The molecule has 0 saturated carbocycles. The highest BCUT2D eigenvalue weighted by molar-refractivity contribution is 5.96. The Morgan fingerprint density at radius 1 is 1.04 bits per heavy atom. The van der Waals surface area contributed by atoms with E-state index in [1.54, 1.807) is 12.1 Å². The number of hydrogen-bond donors (Lipinski definition) is 2. The lowest BCUT2D eigenvalue weighted by Gasteiger charge is -2.07. The van der Waals surface area contributed by atoms with Crippen LogP contribution in [0.2, 0.25) is 0 Å². The minimum absolute atomic E-state index is 0.118. The second kappa shape index (κ2) is 7.12. The Bertz CT molecular complexity index is 988. The van der Waals surface area contributed by atoms with Gasteiger partial charge in [-0.3, -0.25) is 20.4 Å². The fourth-order valence-electron chi connectivity index (χ4n) is 2.42. The molecule has 0 aliphatic carbocycles. The van der Waals surface area contributed by atoms with Gasteiger partial charge in [0, 0.05) is 11.1 Å². The van der Waals surface area contributed by atoms with E-state index < -0.39 is 11.8 Å². The van der Waals surface area contributed by atoms with Crippen molar-refractivity contribution in [1.82, 2.24) is 31.1 Å². The molecule has 1 aromatic heterocycles. The van der Waals surface area contributed by atoms with Crippen molar-refractivity contribution in [2.75, 3.05) is 6.79 Å². The third kappa shape index (κ3) is 3.68. The van der Waals surface area contributed by atoms with Crippen LogP contribution in [-0.4, -0.2) is 38.8 Å². The van der Waals surface area contributed by atoms with Crippen LogP contribution in [0.25, 0.3) is 11.4 Å². The molecule has 10 heteroatoms. The van der Waals surface area contributed by atoms with Crippen molar-refractivity contribution in [3.05, 3.63) is 54.1 Å². The molecule has 3 aromatic rings. The first-order valence-corrected chi connectivity index (χ1v) is 8.01. The highest BCUT2D eigenvalue weighted by Crippen LogP contribution is 2.32. The van der Waals surface area contributed by atoms with Crippen molar-refractivity contribution in [2.24, 2.45) is 0 Å². The number of carbonyl (C=O) groups excluding carboxylic acids is 2. The number of nitrogens with one attached hydrogen (secondary N) is 2. The number of tetrazole rings is 1. The van der Waals surface area contributed by atoms with Gasteiger partial charge < -0.3 is 9.47 Å². The Morgan fingerprint density at radius 3 is 2.70 bits per heavy atom. The maximum Gasteiger partial charge on any atom is 0.269 e. The Kier molecular flexibility index (Phi) is 4.35. The van der Waals surface area contributed by atoms with Gasteiger partial charge in [-0.2, -0.15) is 4.80 Å². The summed E-state index contributed by atoms with van der Waals surface area (Å²) in [4.78, 5) is 25.2. The molecule has 10 nitrogen and oxygen atoms in total. The van der Waals surface area contributed by atoms with Gasteiger partial charge in [0.25, 0.3) is 11.8 Å². The SMILES string of the molecule is O=C(Cn1nnc(-c2ccccc2)n1)NNC(=O)c1ccc2c(c1)OCO2. The van der Waals surface area contributed by atoms with Gasteiger partial charge in [0.15, 0.2) is 11.5 Å².